The summed E-state index contributed by atoms with van der Waals surface area (Å²) in [5, 5.41) is 3.57. The standard InChI is InChI=1S/C23H25N5O3/c1-2-15-7-5-8-16(25-15)13-21(29)20-11-6-12-27(20)23(31)26-18-14-28(22(24)30)19-10-4-3-9-17(18)19/h3-5,7-10,14,20H,2,6,11-13H2,1H3,(H2,24,30)(H,26,31)/t20-/m0/s1. The van der Waals surface area contributed by atoms with Crippen molar-refractivity contribution in [3.05, 3.63) is 60.0 Å². The number of nitrogens with zero attached hydrogens (tertiary/aromatic N) is 3. The maximum atomic E-state index is 13.0. The van der Waals surface area contributed by atoms with E-state index < -0.39 is 12.1 Å². The summed E-state index contributed by atoms with van der Waals surface area (Å²) in [6, 6.07) is 11.4. The molecule has 0 bridgehead atoms. The van der Waals surface area contributed by atoms with E-state index in [1.165, 1.54) is 10.8 Å². The van der Waals surface area contributed by atoms with E-state index in [-0.39, 0.29) is 18.2 Å². The molecular weight excluding hydrogens is 394 g/mol. The number of anilines is 1. The zero-order chi connectivity index (χ0) is 22.0. The number of aromatic nitrogens is 2. The topological polar surface area (TPSA) is 110 Å². The van der Waals surface area contributed by atoms with E-state index in [2.05, 4.69) is 10.3 Å². The predicted molar refractivity (Wildman–Crippen MR) is 118 cm³/mol. The number of carbonyl (C=O) groups is 3. The van der Waals surface area contributed by atoms with Crippen LogP contribution >= 0.6 is 0 Å². The normalized spacial score (nSPS) is 15.9. The molecule has 8 nitrogen and oxygen atoms in total. The Morgan fingerprint density at radius 2 is 1.90 bits per heavy atom. The first-order valence-electron chi connectivity index (χ1n) is 10.4. The zero-order valence-corrected chi connectivity index (χ0v) is 17.4. The summed E-state index contributed by atoms with van der Waals surface area (Å²) < 4.78 is 1.30. The Kier molecular flexibility index (Phi) is 5.70. The highest BCUT2D eigenvalue weighted by atomic mass is 16.2. The van der Waals surface area contributed by atoms with Crippen molar-refractivity contribution in [2.24, 2.45) is 5.73 Å². The van der Waals surface area contributed by atoms with Crippen molar-refractivity contribution in [1.82, 2.24) is 14.5 Å². The number of hydrogen-bond acceptors (Lipinski definition) is 4. The number of primary amides is 1. The Labute approximate surface area is 180 Å². The van der Waals surface area contributed by atoms with Gasteiger partial charge in [-0.25, -0.2) is 9.59 Å². The first-order chi connectivity index (χ1) is 15.0. The first kappa shape index (κ1) is 20.6. The van der Waals surface area contributed by atoms with E-state index >= 15 is 0 Å². The molecule has 3 heterocycles. The van der Waals surface area contributed by atoms with E-state index in [0.29, 0.717) is 29.6 Å². The number of ketones is 1. The van der Waals surface area contributed by atoms with Gasteiger partial charge in [0.25, 0.3) is 0 Å². The number of likely N-dealkylation sites (tertiary alicyclic amines) is 1. The molecule has 1 atom stereocenters. The minimum atomic E-state index is -0.632. The molecule has 1 aliphatic rings. The number of aryl methyl sites for hydroxylation is 1. The fraction of sp³-hybridized carbons (Fsp3) is 0.304. The van der Waals surface area contributed by atoms with E-state index in [1.807, 2.05) is 37.3 Å². The van der Waals surface area contributed by atoms with Gasteiger partial charge in [-0.1, -0.05) is 31.2 Å². The lowest BCUT2D eigenvalue weighted by molar-refractivity contribution is -0.121. The third kappa shape index (κ3) is 4.14. The molecule has 1 fully saturated rings. The lowest BCUT2D eigenvalue weighted by atomic mass is 10.0. The number of para-hydroxylation sites is 1. The summed E-state index contributed by atoms with van der Waals surface area (Å²) in [7, 11) is 0. The number of hydrogen-bond donors (Lipinski definition) is 2. The molecule has 1 saturated heterocycles. The number of fused-ring (bicyclic) bond motifs is 1. The molecule has 8 heteroatoms. The fourth-order valence-corrected chi connectivity index (χ4v) is 4.11. The van der Waals surface area contributed by atoms with E-state index in [1.54, 1.807) is 17.0 Å². The maximum absolute atomic E-state index is 13.0. The van der Waals surface area contributed by atoms with Gasteiger partial charge in [0.1, 0.15) is 0 Å². The number of Topliss-reactive ketones (excluding diaryl/α,β-unsaturated/α-hetero) is 1. The van der Waals surface area contributed by atoms with Crippen LogP contribution in [0.1, 0.15) is 31.2 Å². The van der Waals surface area contributed by atoms with Crippen LogP contribution in [-0.2, 0) is 17.6 Å². The molecule has 0 aliphatic carbocycles. The van der Waals surface area contributed by atoms with Gasteiger partial charge in [-0.15, -0.1) is 0 Å². The summed E-state index contributed by atoms with van der Waals surface area (Å²) in [5.74, 6) is -0.0204. The van der Waals surface area contributed by atoms with Gasteiger partial charge in [0, 0.05) is 29.5 Å². The SMILES string of the molecule is CCc1cccc(CC(=O)[C@@H]2CCCN2C(=O)Nc2cn(C(N)=O)c3ccccc23)n1. The maximum Gasteiger partial charge on any atom is 0.323 e. The number of rotatable bonds is 5. The molecule has 1 aliphatic heterocycles. The second-order valence-electron chi connectivity index (χ2n) is 7.67. The van der Waals surface area contributed by atoms with Gasteiger partial charge in [-0.05, 0) is 37.5 Å². The minimum Gasteiger partial charge on any atom is -0.351 e. The number of pyridine rings is 1. The van der Waals surface area contributed by atoms with E-state index in [9.17, 15) is 14.4 Å². The number of amides is 3. The number of benzene rings is 1. The average molecular weight is 419 g/mol. The minimum absolute atomic E-state index is 0.0204. The third-order valence-electron chi connectivity index (χ3n) is 5.66. The first-order valence-corrected chi connectivity index (χ1v) is 10.4. The van der Waals surface area contributed by atoms with Crippen LogP contribution in [0.4, 0.5) is 15.3 Å². The average Bonchev–Trinajstić information content (AvgIpc) is 3.40. The smallest absolute Gasteiger partial charge is 0.323 e. The number of nitrogens with one attached hydrogen (secondary N) is 1. The molecular formula is C23H25N5O3. The molecule has 0 spiro atoms. The highest BCUT2D eigenvalue weighted by Gasteiger charge is 2.34. The Bertz CT molecular complexity index is 1150. The second kappa shape index (κ2) is 8.59. The van der Waals surface area contributed by atoms with E-state index in [0.717, 1.165) is 24.2 Å². The van der Waals surface area contributed by atoms with Gasteiger partial charge < -0.3 is 16.0 Å². The van der Waals surface area contributed by atoms with Crippen LogP contribution in [-0.4, -0.2) is 44.9 Å². The monoisotopic (exact) mass is 419 g/mol. The molecule has 0 unspecified atom stereocenters. The summed E-state index contributed by atoms with van der Waals surface area (Å²) in [6.45, 7) is 2.52. The predicted octanol–water partition coefficient (Wildman–Crippen LogP) is 3.33. The Hall–Kier alpha value is -3.68. The van der Waals surface area contributed by atoms with Crippen molar-refractivity contribution < 1.29 is 14.4 Å². The molecule has 0 saturated carbocycles. The summed E-state index contributed by atoms with van der Waals surface area (Å²) in [5.41, 5.74) is 8.21. The van der Waals surface area contributed by atoms with E-state index in [4.69, 9.17) is 5.73 Å². The van der Waals surface area contributed by atoms with Gasteiger partial charge in [0.2, 0.25) is 0 Å². The second-order valence-corrected chi connectivity index (χ2v) is 7.67. The number of nitrogens with two attached hydrogens (primary N) is 1. The lowest BCUT2D eigenvalue weighted by Gasteiger charge is -2.24. The molecule has 1 aromatic carbocycles. The van der Waals surface area contributed by atoms with Crippen molar-refractivity contribution in [2.75, 3.05) is 11.9 Å². The molecule has 4 rings (SSSR count). The summed E-state index contributed by atoms with van der Waals surface area (Å²) in [6.07, 6.45) is 3.90. The fourth-order valence-electron chi connectivity index (χ4n) is 4.11. The van der Waals surface area contributed by atoms with Crippen LogP contribution in [0.2, 0.25) is 0 Å². The highest BCUT2D eigenvalue weighted by Crippen LogP contribution is 2.27. The van der Waals surface area contributed by atoms with Gasteiger partial charge in [-0.3, -0.25) is 14.3 Å². The quantitative estimate of drug-likeness (QED) is 0.661. The molecule has 2 aromatic heterocycles. The van der Waals surface area contributed by atoms with Crippen molar-refractivity contribution in [3.8, 4) is 0 Å². The van der Waals surface area contributed by atoms with Crippen LogP contribution < -0.4 is 11.1 Å². The number of urea groups is 1. The lowest BCUT2D eigenvalue weighted by Crippen LogP contribution is -2.43. The van der Waals surface area contributed by atoms with Gasteiger partial charge in [0.05, 0.1) is 23.7 Å². The van der Waals surface area contributed by atoms with Crippen LogP contribution in [0.3, 0.4) is 0 Å². The summed E-state index contributed by atoms with van der Waals surface area (Å²) >= 11 is 0. The molecule has 3 aromatic rings. The molecule has 31 heavy (non-hydrogen) atoms. The third-order valence-corrected chi connectivity index (χ3v) is 5.66. The molecule has 3 amide bonds. The Balaban J connectivity index is 1.51. The molecule has 160 valence electrons. The van der Waals surface area contributed by atoms with Crippen LogP contribution in [0.5, 0.6) is 0 Å². The Morgan fingerprint density at radius 3 is 2.68 bits per heavy atom. The van der Waals surface area contributed by atoms with Crippen molar-refractivity contribution in [1.29, 1.82) is 0 Å². The van der Waals surface area contributed by atoms with Crippen molar-refractivity contribution >= 4 is 34.4 Å². The van der Waals surface area contributed by atoms with Gasteiger partial charge in [0.15, 0.2) is 5.78 Å². The zero-order valence-electron chi connectivity index (χ0n) is 17.4. The van der Waals surface area contributed by atoms with Crippen molar-refractivity contribution in [2.45, 2.75) is 38.6 Å². The van der Waals surface area contributed by atoms with Crippen LogP contribution in [0.25, 0.3) is 10.9 Å². The van der Waals surface area contributed by atoms with Gasteiger partial charge in [-0.2, -0.15) is 0 Å². The largest absolute Gasteiger partial charge is 0.351 e. The van der Waals surface area contributed by atoms with Crippen LogP contribution in [0.15, 0.2) is 48.7 Å². The van der Waals surface area contributed by atoms with Crippen molar-refractivity contribution in [3.63, 3.8) is 0 Å². The number of carbonyl (C=O) groups excluding carboxylic acids is 3. The summed E-state index contributed by atoms with van der Waals surface area (Å²) in [4.78, 5) is 43.8. The highest BCUT2D eigenvalue weighted by molar-refractivity contribution is 6.05. The van der Waals surface area contributed by atoms with Crippen LogP contribution in [0, 0.1) is 0 Å². The van der Waals surface area contributed by atoms with Gasteiger partial charge >= 0.3 is 12.1 Å². The molecule has 0 radical (unpaired) electrons. The Morgan fingerprint density at radius 1 is 1.13 bits per heavy atom. The molecule has 3 N–H and O–H groups in total.